The number of amides is 1. The topological polar surface area (TPSA) is 226 Å². The minimum atomic E-state index is -0.814. The molecule has 55 heavy (non-hydrogen) atoms. The predicted octanol–water partition coefficient (Wildman–Crippen LogP) is 4.45. The molecule has 1 fully saturated rings. The minimum absolute atomic E-state index is 0.0752. The molecule has 3 aromatic rings. The maximum atomic E-state index is 13.2. The first-order valence-electron chi connectivity index (χ1n) is 17.7. The normalized spacial score (nSPS) is 18.0. The lowest BCUT2D eigenvalue weighted by Crippen LogP contribution is -2.36. The van der Waals surface area contributed by atoms with Crippen molar-refractivity contribution >= 4 is 53.7 Å². The molecule has 0 spiro atoms. The second-order valence-electron chi connectivity index (χ2n) is 13.9. The van der Waals surface area contributed by atoms with Gasteiger partial charge in [-0.1, -0.05) is 35.9 Å². The number of hydroxylamine groups is 2. The average Bonchev–Trinajstić information content (AvgIpc) is 3.69. The van der Waals surface area contributed by atoms with E-state index in [9.17, 15) is 20.1 Å². The number of primary amides is 1. The Morgan fingerprint density at radius 3 is 2.51 bits per heavy atom. The van der Waals surface area contributed by atoms with E-state index in [1.54, 1.807) is 33.9 Å². The molecule has 0 radical (unpaired) electrons. The fourth-order valence-corrected chi connectivity index (χ4v) is 6.45. The number of aliphatic imine (C=N–C) groups is 3. The Morgan fingerprint density at radius 1 is 1.15 bits per heavy atom. The standard InChI is InChI=1S/C39H44N12O4/c1-24-10-12-26(13-11-24)30-29(18-28(20-41)38(53)55-39(2,3)4)50(35-31(30)33(42)46-22-47-35)15-8-16-54-51-23-48-32(37(51)45-6)36(44-5)49-14-7-9-25(21-49)17-27(19-40)34(43)52/h10-13,17-18,22-23,25H,5,7-9,14-16,21H2,1-4,6H3,(H2,43,52)(H2,42,46,47). The number of piperidine rings is 1. The van der Waals surface area contributed by atoms with Crippen LogP contribution in [-0.2, 0) is 25.7 Å². The third-order valence-electron chi connectivity index (χ3n) is 8.86. The number of likely N-dealkylation sites (tertiary alicyclic amines) is 1. The van der Waals surface area contributed by atoms with E-state index in [1.165, 1.54) is 23.8 Å². The Bertz CT molecular complexity index is 2230. The first kappa shape index (κ1) is 39.6. The Labute approximate surface area is 319 Å². The molecule has 1 aromatic carbocycles. The van der Waals surface area contributed by atoms with Crippen molar-refractivity contribution in [2.75, 3.05) is 32.5 Å². The highest BCUT2D eigenvalue weighted by Gasteiger charge is 2.30. The van der Waals surface area contributed by atoms with Gasteiger partial charge in [-0.15, -0.1) is 0 Å². The predicted molar refractivity (Wildman–Crippen MR) is 210 cm³/mol. The average molecular weight is 745 g/mol. The summed E-state index contributed by atoms with van der Waals surface area (Å²) in [5, 5.41) is 21.5. The van der Waals surface area contributed by atoms with Gasteiger partial charge in [0.15, 0.2) is 17.4 Å². The highest BCUT2D eigenvalue weighted by Crippen LogP contribution is 2.38. The van der Waals surface area contributed by atoms with Gasteiger partial charge < -0.3 is 25.7 Å². The number of hydrogen-bond donors (Lipinski definition) is 2. The zero-order valence-electron chi connectivity index (χ0n) is 31.6. The van der Waals surface area contributed by atoms with Crippen LogP contribution in [0.25, 0.3) is 28.2 Å². The van der Waals surface area contributed by atoms with Gasteiger partial charge in [-0.3, -0.25) is 14.6 Å². The third-order valence-corrected chi connectivity index (χ3v) is 8.86. The van der Waals surface area contributed by atoms with E-state index in [0.717, 1.165) is 24.0 Å². The van der Waals surface area contributed by atoms with Crippen LogP contribution in [0.4, 0.5) is 5.82 Å². The summed E-state index contributed by atoms with van der Waals surface area (Å²) in [6.45, 7) is 12.7. The van der Waals surface area contributed by atoms with Crippen molar-refractivity contribution in [3.63, 3.8) is 0 Å². The minimum Gasteiger partial charge on any atom is -0.456 e. The van der Waals surface area contributed by atoms with Gasteiger partial charge in [0.05, 0.1) is 17.7 Å². The first-order valence-corrected chi connectivity index (χ1v) is 17.7. The number of hydrogen-bond acceptors (Lipinski definition) is 13. The Balaban J connectivity index is 1.42. The van der Waals surface area contributed by atoms with E-state index in [0.29, 0.717) is 65.7 Å². The SMILES string of the molecule is C=NC(=C1N=CN(OCCCn2c(C=C(C#N)C(=O)OC(C)(C)C)c(-c3ccc(C)cc3)c3c(N)ncnc32)C1=NC)N1CCCC(C=C(C#N)C(N)=O)C1. The number of nitriles is 2. The maximum Gasteiger partial charge on any atom is 0.349 e. The smallest absolute Gasteiger partial charge is 0.349 e. The molecule has 16 heteroatoms. The Kier molecular flexibility index (Phi) is 12.2. The van der Waals surface area contributed by atoms with Crippen LogP contribution < -0.4 is 11.5 Å². The third kappa shape index (κ3) is 8.94. The number of benzene rings is 1. The van der Waals surface area contributed by atoms with Crippen molar-refractivity contribution < 1.29 is 19.2 Å². The number of fused-ring (bicyclic) bond motifs is 1. The van der Waals surface area contributed by atoms with Crippen LogP contribution in [0.2, 0.25) is 0 Å². The zero-order chi connectivity index (χ0) is 39.9. The molecule has 2 aliphatic rings. The lowest BCUT2D eigenvalue weighted by molar-refractivity contribution is -0.149. The number of amidine groups is 1. The summed E-state index contributed by atoms with van der Waals surface area (Å²) in [6, 6.07) is 11.7. The summed E-state index contributed by atoms with van der Waals surface area (Å²) in [7, 11) is 1.62. The van der Waals surface area contributed by atoms with E-state index < -0.39 is 17.5 Å². The molecule has 1 unspecified atom stereocenters. The van der Waals surface area contributed by atoms with E-state index in [1.807, 2.05) is 52.8 Å². The van der Waals surface area contributed by atoms with E-state index in [-0.39, 0.29) is 29.5 Å². The van der Waals surface area contributed by atoms with Crippen molar-refractivity contribution in [3.8, 4) is 23.3 Å². The maximum absolute atomic E-state index is 13.2. The number of aryl methyl sites for hydroxylation is 2. The molecule has 2 aromatic heterocycles. The fourth-order valence-electron chi connectivity index (χ4n) is 6.45. The number of rotatable bonds is 12. The molecule has 284 valence electrons. The highest BCUT2D eigenvalue weighted by atomic mass is 16.7. The van der Waals surface area contributed by atoms with Crippen LogP contribution in [0.3, 0.4) is 0 Å². The van der Waals surface area contributed by atoms with Crippen LogP contribution in [0, 0.1) is 35.5 Å². The zero-order valence-corrected chi connectivity index (χ0v) is 31.6. The number of esters is 1. The molecular weight excluding hydrogens is 701 g/mol. The number of carbonyl (C=O) groups excluding carboxylic acids is 2. The quantitative estimate of drug-likeness (QED) is 0.0866. The van der Waals surface area contributed by atoms with Crippen molar-refractivity contribution in [2.45, 2.75) is 59.1 Å². The van der Waals surface area contributed by atoms with E-state index in [2.05, 4.69) is 31.7 Å². The van der Waals surface area contributed by atoms with Gasteiger partial charge in [0.1, 0.15) is 53.0 Å². The molecule has 4 heterocycles. The fraction of sp³-hybridized carbons (Fsp3) is 0.359. The second kappa shape index (κ2) is 17.0. The van der Waals surface area contributed by atoms with Gasteiger partial charge in [-0.25, -0.2) is 24.7 Å². The summed E-state index contributed by atoms with van der Waals surface area (Å²) in [6.07, 6.45) is 8.02. The second-order valence-corrected chi connectivity index (χ2v) is 13.9. The van der Waals surface area contributed by atoms with Crippen molar-refractivity contribution in [3.05, 3.63) is 70.6 Å². The van der Waals surface area contributed by atoms with E-state index in [4.69, 9.17) is 21.0 Å². The molecule has 0 aliphatic carbocycles. The van der Waals surface area contributed by atoms with Gasteiger partial charge in [-0.2, -0.15) is 15.6 Å². The summed E-state index contributed by atoms with van der Waals surface area (Å²) >= 11 is 0. The molecule has 0 bridgehead atoms. The summed E-state index contributed by atoms with van der Waals surface area (Å²) in [5.41, 5.74) is 14.8. The largest absolute Gasteiger partial charge is 0.456 e. The van der Waals surface area contributed by atoms with Crippen molar-refractivity contribution in [2.24, 2.45) is 26.6 Å². The van der Waals surface area contributed by atoms with Gasteiger partial charge in [0.25, 0.3) is 5.91 Å². The van der Waals surface area contributed by atoms with Crippen LogP contribution in [0.5, 0.6) is 0 Å². The molecular formula is C39H44N12O4. The summed E-state index contributed by atoms with van der Waals surface area (Å²) in [5.74, 6) is -0.453. The van der Waals surface area contributed by atoms with Crippen LogP contribution >= 0.6 is 0 Å². The van der Waals surface area contributed by atoms with E-state index >= 15 is 0 Å². The lowest BCUT2D eigenvalue weighted by atomic mass is 9.95. The molecule has 2 aliphatic heterocycles. The molecule has 0 saturated carbocycles. The van der Waals surface area contributed by atoms with Gasteiger partial charge in [0, 0.05) is 32.2 Å². The summed E-state index contributed by atoms with van der Waals surface area (Å²) < 4.78 is 7.45. The van der Waals surface area contributed by atoms with Crippen LogP contribution in [0.1, 0.15) is 51.3 Å². The molecule has 4 N–H and O–H groups in total. The number of nitrogens with zero attached hydrogens (tertiary/aromatic N) is 10. The van der Waals surface area contributed by atoms with Gasteiger partial charge in [0.2, 0.25) is 0 Å². The summed E-state index contributed by atoms with van der Waals surface area (Å²) in [4.78, 5) is 55.1. The molecule has 1 amide bonds. The Morgan fingerprint density at radius 2 is 1.87 bits per heavy atom. The first-order chi connectivity index (χ1) is 26.3. The Hall–Kier alpha value is -6.65. The number of ether oxygens (including phenoxy) is 1. The number of aromatic nitrogens is 3. The molecule has 16 nitrogen and oxygen atoms in total. The van der Waals surface area contributed by atoms with Gasteiger partial charge in [-0.05, 0) is 71.2 Å². The monoisotopic (exact) mass is 744 g/mol. The van der Waals surface area contributed by atoms with Crippen LogP contribution in [-0.4, -0.2) is 87.6 Å². The lowest BCUT2D eigenvalue weighted by Gasteiger charge is -2.33. The molecule has 5 rings (SSSR count). The number of anilines is 1. The molecule has 1 atom stereocenters. The van der Waals surface area contributed by atoms with Crippen molar-refractivity contribution in [1.29, 1.82) is 10.5 Å². The van der Waals surface area contributed by atoms with Gasteiger partial charge >= 0.3 is 5.97 Å². The van der Waals surface area contributed by atoms with Crippen molar-refractivity contribution in [1.82, 2.24) is 24.5 Å². The number of nitrogens with two attached hydrogens (primary N) is 2. The van der Waals surface area contributed by atoms with Crippen LogP contribution in [0.15, 0.2) is 74.3 Å². The number of carbonyl (C=O) groups is 2. The molecule has 1 saturated heterocycles. The highest BCUT2D eigenvalue weighted by molar-refractivity contribution is 6.09. The number of nitrogen functional groups attached to an aromatic ring is 1.